The molecule has 0 unspecified atom stereocenters. The first-order chi connectivity index (χ1) is 12.5. The number of ether oxygens (including phenoxy) is 1. The Morgan fingerprint density at radius 3 is 2.69 bits per heavy atom. The van der Waals surface area contributed by atoms with Gasteiger partial charge in [-0.1, -0.05) is 41.6 Å². The van der Waals surface area contributed by atoms with Gasteiger partial charge in [-0.3, -0.25) is 0 Å². The van der Waals surface area contributed by atoms with E-state index in [1.807, 2.05) is 31.2 Å². The molecule has 1 aromatic carbocycles. The van der Waals surface area contributed by atoms with E-state index >= 15 is 0 Å². The quantitative estimate of drug-likeness (QED) is 0.595. The Bertz CT molecular complexity index is 861. The van der Waals surface area contributed by atoms with Crippen LogP contribution in [-0.2, 0) is 16.6 Å². The van der Waals surface area contributed by atoms with Gasteiger partial charge in [0.15, 0.2) is 0 Å². The summed E-state index contributed by atoms with van der Waals surface area (Å²) in [5.41, 5.74) is 2.72. The number of aromatic nitrogens is 4. The average molecular weight is 374 g/mol. The first-order valence-electron chi connectivity index (χ1n) is 7.80. The Morgan fingerprint density at radius 2 is 2.08 bits per heavy atom. The molecule has 2 aromatic rings. The van der Waals surface area contributed by atoms with Crippen molar-refractivity contribution in [3.05, 3.63) is 46.7 Å². The summed E-state index contributed by atoms with van der Waals surface area (Å²) >= 11 is 1.31. The highest BCUT2D eigenvalue weighted by atomic mass is 32.2. The number of amides is 2. The number of nitrogens with one attached hydrogen (secondary N) is 2. The summed E-state index contributed by atoms with van der Waals surface area (Å²) < 4.78 is 6.47. The van der Waals surface area contributed by atoms with Crippen molar-refractivity contribution in [2.24, 2.45) is 7.05 Å². The van der Waals surface area contributed by atoms with Crippen LogP contribution >= 0.6 is 11.8 Å². The number of methoxy groups -OCH3 is 1. The van der Waals surface area contributed by atoms with Crippen LogP contribution in [0.2, 0.25) is 0 Å². The van der Waals surface area contributed by atoms with Gasteiger partial charge in [0.2, 0.25) is 5.16 Å². The van der Waals surface area contributed by atoms with Crippen molar-refractivity contribution in [2.45, 2.75) is 18.1 Å². The standard InChI is InChI=1S/C16H18N6O3S/c1-9-4-6-10(7-5-9)13-12(14(23)25-3)11(17-15(24)18-13)8-26-16-19-20-21-22(16)2/h4-7,13H,8H2,1-3H3,(H2,17,18,24)/t13-/m1/s1. The fourth-order valence-electron chi connectivity index (χ4n) is 2.57. The van der Waals surface area contributed by atoms with E-state index in [-0.39, 0.29) is 6.03 Å². The van der Waals surface area contributed by atoms with E-state index in [9.17, 15) is 9.59 Å². The lowest BCUT2D eigenvalue weighted by Crippen LogP contribution is -2.46. The molecule has 1 aromatic heterocycles. The molecule has 3 rings (SSSR count). The normalized spacial score (nSPS) is 16.9. The Hall–Kier alpha value is -2.88. The number of carbonyl (C=O) groups is 2. The molecular weight excluding hydrogens is 356 g/mol. The maximum absolute atomic E-state index is 12.4. The zero-order valence-corrected chi connectivity index (χ0v) is 15.3. The third kappa shape index (κ3) is 3.69. The van der Waals surface area contributed by atoms with Gasteiger partial charge in [-0.15, -0.1) is 5.10 Å². The Morgan fingerprint density at radius 1 is 1.35 bits per heavy atom. The summed E-state index contributed by atoms with van der Waals surface area (Å²) in [6.07, 6.45) is 0. The Labute approximate surface area is 154 Å². The van der Waals surface area contributed by atoms with Gasteiger partial charge in [0.25, 0.3) is 0 Å². The molecule has 2 N–H and O–H groups in total. The number of hydrogen-bond acceptors (Lipinski definition) is 7. The lowest BCUT2D eigenvalue weighted by Gasteiger charge is -2.29. The number of aryl methyl sites for hydroxylation is 2. The predicted molar refractivity (Wildman–Crippen MR) is 94.2 cm³/mol. The maximum atomic E-state index is 12.4. The van der Waals surface area contributed by atoms with Crippen LogP contribution in [0.1, 0.15) is 17.2 Å². The Kier molecular flexibility index (Phi) is 5.21. The largest absolute Gasteiger partial charge is 0.466 e. The zero-order valence-electron chi connectivity index (χ0n) is 14.5. The van der Waals surface area contributed by atoms with Crippen LogP contribution in [0.25, 0.3) is 0 Å². The molecule has 26 heavy (non-hydrogen) atoms. The molecule has 0 bridgehead atoms. The lowest BCUT2D eigenvalue weighted by molar-refractivity contribution is -0.136. The maximum Gasteiger partial charge on any atom is 0.338 e. The van der Waals surface area contributed by atoms with Gasteiger partial charge in [0.05, 0.1) is 18.7 Å². The van der Waals surface area contributed by atoms with Crippen molar-refractivity contribution in [2.75, 3.05) is 12.9 Å². The van der Waals surface area contributed by atoms with Crippen molar-refractivity contribution >= 4 is 23.8 Å². The molecule has 0 saturated carbocycles. The van der Waals surface area contributed by atoms with Crippen molar-refractivity contribution in [1.82, 2.24) is 30.8 Å². The third-order valence-corrected chi connectivity index (χ3v) is 4.93. The van der Waals surface area contributed by atoms with E-state index in [4.69, 9.17) is 4.74 Å². The molecule has 2 heterocycles. The van der Waals surface area contributed by atoms with E-state index in [0.717, 1.165) is 11.1 Å². The van der Waals surface area contributed by atoms with Crippen LogP contribution in [0.3, 0.4) is 0 Å². The van der Waals surface area contributed by atoms with Crippen LogP contribution in [0.4, 0.5) is 4.79 Å². The highest BCUT2D eigenvalue weighted by Gasteiger charge is 2.33. The highest BCUT2D eigenvalue weighted by molar-refractivity contribution is 7.99. The van der Waals surface area contributed by atoms with Gasteiger partial charge in [-0.25, -0.2) is 14.3 Å². The van der Waals surface area contributed by atoms with Crippen molar-refractivity contribution in [1.29, 1.82) is 0 Å². The fourth-order valence-corrected chi connectivity index (χ4v) is 3.39. The average Bonchev–Trinajstić information content (AvgIpc) is 3.04. The molecule has 0 spiro atoms. The Balaban J connectivity index is 1.97. The van der Waals surface area contributed by atoms with Gasteiger partial charge in [0, 0.05) is 18.5 Å². The van der Waals surface area contributed by atoms with E-state index in [1.54, 1.807) is 7.05 Å². The summed E-state index contributed by atoms with van der Waals surface area (Å²) in [6, 6.07) is 6.65. The smallest absolute Gasteiger partial charge is 0.338 e. The minimum atomic E-state index is -0.593. The second-order valence-electron chi connectivity index (χ2n) is 5.70. The number of carbonyl (C=O) groups excluding carboxylic acids is 2. The van der Waals surface area contributed by atoms with Gasteiger partial charge < -0.3 is 15.4 Å². The molecule has 1 atom stereocenters. The van der Waals surface area contributed by atoms with E-state index < -0.39 is 12.0 Å². The number of urea groups is 1. The molecule has 2 amide bonds. The summed E-state index contributed by atoms with van der Waals surface area (Å²) in [7, 11) is 3.03. The molecule has 0 radical (unpaired) electrons. The highest BCUT2D eigenvalue weighted by Crippen LogP contribution is 2.30. The van der Waals surface area contributed by atoms with Crippen LogP contribution in [0, 0.1) is 6.92 Å². The second-order valence-corrected chi connectivity index (χ2v) is 6.64. The lowest BCUT2D eigenvalue weighted by atomic mass is 9.95. The molecule has 1 aliphatic rings. The van der Waals surface area contributed by atoms with Gasteiger partial charge in [-0.2, -0.15) is 0 Å². The van der Waals surface area contributed by atoms with Gasteiger partial charge >= 0.3 is 12.0 Å². The van der Waals surface area contributed by atoms with Crippen LogP contribution in [-0.4, -0.2) is 45.1 Å². The van der Waals surface area contributed by atoms with Crippen LogP contribution in [0.15, 0.2) is 40.7 Å². The monoisotopic (exact) mass is 374 g/mol. The molecule has 0 saturated heterocycles. The number of thioether (sulfide) groups is 1. The van der Waals surface area contributed by atoms with Crippen molar-refractivity contribution < 1.29 is 14.3 Å². The summed E-state index contributed by atoms with van der Waals surface area (Å²) in [5.74, 6) is -0.191. The van der Waals surface area contributed by atoms with Gasteiger partial charge in [0.1, 0.15) is 0 Å². The fraction of sp³-hybridized carbons (Fsp3) is 0.312. The number of tetrazole rings is 1. The van der Waals surface area contributed by atoms with E-state index in [0.29, 0.717) is 22.2 Å². The molecule has 9 nitrogen and oxygen atoms in total. The number of rotatable bonds is 5. The topological polar surface area (TPSA) is 111 Å². The summed E-state index contributed by atoms with van der Waals surface area (Å²) in [5, 5.41) is 17.3. The first kappa shape index (κ1) is 17.9. The second kappa shape index (κ2) is 7.56. The minimum Gasteiger partial charge on any atom is -0.466 e. The molecule has 10 heteroatoms. The summed E-state index contributed by atoms with van der Waals surface area (Å²) in [4.78, 5) is 24.6. The van der Waals surface area contributed by atoms with Gasteiger partial charge in [-0.05, 0) is 22.9 Å². The van der Waals surface area contributed by atoms with Crippen LogP contribution < -0.4 is 10.6 Å². The molecule has 0 aliphatic carbocycles. The predicted octanol–water partition coefficient (Wildman–Crippen LogP) is 1.09. The van der Waals surface area contributed by atoms with E-state index in [1.165, 1.54) is 23.6 Å². The first-order valence-corrected chi connectivity index (χ1v) is 8.78. The van der Waals surface area contributed by atoms with Crippen molar-refractivity contribution in [3.8, 4) is 0 Å². The molecule has 1 aliphatic heterocycles. The minimum absolute atomic E-state index is 0.314. The molecule has 0 fully saturated rings. The van der Waals surface area contributed by atoms with Crippen LogP contribution in [0.5, 0.6) is 0 Å². The van der Waals surface area contributed by atoms with Crippen molar-refractivity contribution in [3.63, 3.8) is 0 Å². The van der Waals surface area contributed by atoms with E-state index in [2.05, 4.69) is 26.2 Å². The number of hydrogen-bond donors (Lipinski definition) is 2. The number of nitrogens with zero attached hydrogens (tertiary/aromatic N) is 4. The third-order valence-electron chi connectivity index (χ3n) is 3.90. The molecule has 136 valence electrons. The summed E-state index contributed by atoms with van der Waals surface area (Å²) in [6.45, 7) is 1.97. The molecular formula is C16H18N6O3S. The zero-order chi connectivity index (χ0) is 18.7. The number of esters is 1. The SMILES string of the molecule is COC(=O)C1=C(CSc2nnnn2C)NC(=O)N[C@@H]1c1ccc(C)cc1. The number of benzene rings is 1.